The number of pyridine rings is 1. The highest BCUT2D eigenvalue weighted by atomic mass is 32.2. The van der Waals surface area contributed by atoms with Crippen molar-refractivity contribution in [2.24, 2.45) is 0 Å². The van der Waals surface area contributed by atoms with Gasteiger partial charge in [0.15, 0.2) is 0 Å². The number of sulfonamides is 1. The van der Waals surface area contributed by atoms with E-state index in [4.69, 9.17) is 0 Å². The Hall–Kier alpha value is -2.45. The van der Waals surface area contributed by atoms with Crippen LogP contribution in [0.3, 0.4) is 0 Å². The predicted octanol–water partition coefficient (Wildman–Crippen LogP) is 2.56. The van der Waals surface area contributed by atoms with Crippen LogP contribution in [0.15, 0.2) is 41.4 Å². The molecule has 1 aliphatic rings. The first-order valence-corrected chi connectivity index (χ1v) is 10.8. The molecule has 0 bridgehead atoms. The Balaban J connectivity index is 1.65. The van der Waals surface area contributed by atoms with Crippen molar-refractivity contribution in [3.05, 3.63) is 47.7 Å². The highest BCUT2D eigenvalue weighted by Crippen LogP contribution is 2.22. The van der Waals surface area contributed by atoms with Crippen molar-refractivity contribution in [3.63, 3.8) is 0 Å². The number of nitrogens with one attached hydrogen (secondary N) is 1. The van der Waals surface area contributed by atoms with Crippen LogP contribution < -0.4 is 10.2 Å². The van der Waals surface area contributed by atoms with E-state index in [1.807, 2.05) is 32.0 Å². The van der Waals surface area contributed by atoms with Gasteiger partial charge in [-0.05, 0) is 56.0 Å². The first kappa shape index (κ1) is 20.3. The standard InChI is InChI=1S/C20H26N4O3S/c1-15-6-7-16(2)18(12-15)22-20(25)14-23(3)19-9-8-17(13-21-19)28(26,27)24-10-4-5-11-24/h6-9,12-13H,4-5,10-11,14H2,1-3H3,(H,22,25). The van der Waals surface area contributed by atoms with Crippen LogP contribution in [0.5, 0.6) is 0 Å². The van der Waals surface area contributed by atoms with Crippen LogP contribution in [-0.4, -0.2) is 50.3 Å². The van der Waals surface area contributed by atoms with Gasteiger partial charge in [0.25, 0.3) is 0 Å². The zero-order valence-corrected chi connectivity index (χ0v) is 17.3. The predicted molar refractivity (Wildman–Crippen MR) is 110 cm³/mol. The zero-order valence-electron chi connectivity index (χ0n) is 16.5. The molecule has 3 rings (SSSR count). The number of rotatable bonds is 6. The number of carbonyl (C=O) groups excluding carboxylic acids is 1. The maximum Gasteiger partial charge on any atom is 0.244 e. The van der Waals surface area contributed by atoms with E-state index in [1.54, 1.807) is 24.1 Å². The minimum absolute atomic E-state index is 0.110. The van der Waals surface area contributed by atoms with Crippen LogP contribution in [0, 0.1) is 13.8 Å². The molecule has 1 N–H and O–H groups in total. The summed E-state index contributed by atoms with van der Waals surface area (Å²) in [5, 5.41) is 2.91. The second-order valence-corrected chi connectivity index (χ2v) is 9.12. The third-order valence-electron chi connectivity index (χ3n) is 4.86. The monoisotopic (exact) mass is 402 g/mol. The summed E-state index contributed by atoms with van der Waals surface area (Å²) in [6.45, 7) is 5.15. The van der Waals surface area contributed by atoms with Crippen molar-refractivity contribution in [3.8, 4) is 0 Å². The number of anilines is 2. The summed E-state index contributed by atoms with van der Waals surface area (Å²) in [6.07, 6.45) is 3.15. The summed E-state index contributed by atoms with van der Waals surface area (Å²) in [6, 6.07) is 9.08. The molecule has 1 aromatic heterocycles. The lowest BCUT2D eigenvalue weighted by atomic mass is 10.1. The second-order valence-electron chi connectivity index (χ2n) is 7.19. The average Bonchev–Trinajstić information content (AvgIpc) is 3.20. The molecule has 2 aromatic rings. The molecule has 0 atom stereocenters. The number of aromatic nitrogens is 1. The Morgan fingerprint density at radius 2 is 1.89 bits per heavy atom. The van der Waals surface area contributed by atoms with E-state index in [-0.39, 0.29) is 17.3 Å². The molecule has 1 amide bonds. The van der Waals surface area contributed by atoms with Crippen LogP contribution in [0.25, 0.3) is 0 Å². The second kappa shape index (κ2) is 8.28. The highest BCUT2D eigenvalue weighted by molar-refractivity contribution is 7.89. The van der Waals surface area contributed by atoms with Crippen molar-refractivity contribution < 1.29 is 13.2 Å². The molecule has 8 heteroatoms. The van der Waals surface area contributed by atoms with Crippen molar-refractivity contribution in [1.82, 2.24) is 9.29 Å². The normalized spacial score (nSPS) is 14.8. The molecule has 0 spiro atoms. The van der Waals surface area contributed by atoms with Gasteiger partial charge in [0.2, 0.25) is 15.9 Å². The number of nitrogens with zero attached hydrogens (tertiary/aromatic N) is 3. The molecular weight excluding hydrogens is 376 g/mol. The van der Waals surface area contributed by atoms with Crippen LogP contribution >= 0.6 is 0 Å². The SMILES string of the molecule is Cc1ccc(C)c(NC(=O)CN(C)c2ccc(S(=O)(=O)N3CCCC3)cn2)c1. The minimum Gasteiger partial charge on any atom is -0.350 e. The van der Waals surface area contributed by atoms with Gasteiger partial charge >= 0.3 is 0 Å². The first-order valence-electron chi connectivity index (χ1n) is 9.32. The van der Waals surface area contributed by atoms with E-state index >= 15 is 0 Å². The van der Waals surface area contributed by atoms with Crippen molar-refractivity contribution in [2.45, 2.75) is 31.6 Å². The fraction of sp³-hybridized carbons (Fsp3) is 0.400. The Labute approximate surface area is 166 Å². The molecule has 0 aliphatic carbocycles. The van der Waals surface area contributed by atoms with E-state index in [0.29, 0.717) is 18.9 Å². The number of hydrogen-bond acceptors (Lipinski definition) is 5. The third kappa shape index (κ3) is 4.51. The molecule has 7 nitrogen and oxygen atoms in total. The molecule has 1 aromatic carbocycles. The fourth-order valence-electron chi connectivity index (χ4n) is 3.19. The van der Waals surface area contributed by atoms with Gasteiger partial charge in [0.05, 0.1) is 6.54 Å². The number of aryl methyl sites for hydroxylation is 2. The number of carbonyl (C=O) groups is 1. The van der Waals surface area contributed by atoms with Gasteiger partial charge in [-0.2, -0.15) is 4.31 Å². The Kier molecular flexibility index (Phi) is 6.00. The maximum atomic E-state index is 12.6. The summed E-state index contributed by atoms with van der Waals surface area (Å²) < 4.78 is 26.6. The maximum absolute atomic E-state index is 12.6. The summed E-state index contributed by atoms with van der Waals surface area (Å²) in [4.78, 5) is 18.5. The molecule has 0 unspecified atom stereocenters. The van der Waals surface area contributed by atoms with E-state index < -0.39 is 10.0 Å². The molecule has 1 aliphatic heterocycles. The van der Waals surface area contributed by atoms with Gasteiger partial charge in [-0.15, -0.1) is 0 Å². The molecule has 0 saturated carbocycles. The van der Waals surface area contributed by atoms with Gasteiger partial charge in [0, 0.05) is 32.0 Å². The minimum atomic E-state index is -3.48. The van der Waals surface area contributed by atoms with Gasteiger partial charge in [-0.1, -0.05) is 12.1 Å². The lowest BCUT2D eigenvalue weighted by Gasteiger charge is -2.19. The van der Waals surface area contributed by atoms with Gasteiger partial charge in [0.1, 0.15) is 10.7 Å². The first-order chi connectivity index (χ1) is 13.3. The number of amides is 1. The quantitative estimate of drug-likeness (QED) is 0.803. The Morgan fingerprint density at radius 1 is 1.18 bits per heavy atom. The molecule has 2 heterocycles. The van der Waals surface area contributed by atoms with E-state index in [9.17, 15) is 13.2 Å². The van der Waals surface area contributed by atoms with Gasteiger partial charge in [-0.3, -0.25) is 4.79 Å². The number of likely N-dealkylation sites (N-methyl/N-ethyl adjacent to an activating group) is 1. The molecule has 0 radical (unpaired) electrons. The third-order valence-corrected chi connectivity index (χ3v) is 6.74. The fourth-order valence-corrected chi connectivity index (χ4v) is 4.65. The van der Waals surface area contributed by atoms with Gasteiger partial charge in [-0.25, -0.2) is 13.4 Å². The molecular formula is C20H26N4O3S. The smallest absolute Gasteiger partial charge is 0.244 e. The molecule has 1 fully saturated rings. The average molecular weight is 403 g/mol. The summed E-state index contributed by atoms with van der Waals surface area (Å²) >= 11 is 0. The van der Waals surface area contributed by atoms with E-state index in [1.165, 1.54) is 10.5 Å². The lowest BCUT2D eigenvalue weighted by Crippen LogP contribution is -2.31. The van der Waals surface area contributed by atoms with Crippen LogP contribution in [-0.2, 0) is 14.8 Å². The summed E-state index contributed by atoms with van der Waals surface area (Å²) in [5.74, 6) is 0.378. The highest BCUT2D eigenvalue weighted by Gasteiger charge is 2.27. The Morgan fingerprint density at radius 3 is 2.54 bits per heavy atom. The molecule has 150 valence electrons. The molecule has 1 saturated heterocycles. The Bertz CT molecular complexity index is 952. The van der Waals surface area contributed by atoms with E-state index in [2.05, 4.69) is 10.3 Å². The van der Waals surface area contributed by atoms with Crippen molar-refractivity contribution in [1.29, 1.82) is 0 Å². The van der Waals surface area contributed by atoms with Gasteiger partial charge < -0.3 is 10.2 Å². The number of benzene rings is 1. The lowest BCUT2D eigenvalue weighted by molar-refractivity contribution is -0.114. The van der Waals surface area contributed by atoms with Crippen LogP contribution in [0.2, 0.25) is 0 Å². The van der Waals surface area contributed by atoms with Crippen LogP contribution in [0.4, 0.5) is 11.5 Å². The van der Waals surface area contributed by atoms with Crippen molar-refractivity contribution in [2.75, 3.05) is 36.9 Å². The molecule has 28 heavy (non-hydrogen) atoms. The largest absolute Gasteiger partial charge is 0.350 e. The topological polar surface area (TPSA) is 82.6 Å². The summed E-state index contributed by atoms with van der Waals surface area (Å²) in [7, 11) is -1.73. The van der Waals surface area contributed by atoms with Crippen molar-refractivity contribution >= 4 is 27.4 Å². The zero-order chi connectivity index (χ0) is 20.3. The van der Waals surface area contributed by atoms with E-state index in [0.717, 1.165) is 29.7 Å². The number of hydrogen-bond donors (Lipinski definition) is 1. The van der Waals surface area contributed by atoms with Crippen LogP contribution in [0.1, 0.15) is 24.0 Å². The summed E-state index contributed by atoms with van der Waals surface area (Å²) in [5.41, 5.74) is 2.86.